The first-order valence-electron chi connectivity index (χ1n) is 9.81. The highest BCUT2D eigenvalue weighted by Gasteiger charge is 2.27. The van der Waals surface area contributed by atoms with E-state index in [4.69, 9.17) is 16.6 Å². The van der Waals surface area contributed by atoms with Crippen LogP contribution < -0.4 is 16.1 Å². The molecular formula is C22H20ClN5O2. The monoisotopic (exact) mass is 421 g/mol. The number of imidazole rings is 1. The number of benzene rings is 2. The third-order valence-corrected chi connectivity index (χ3v) is 5.76. The van der Waals surface area contributed by atoms with Crippen molar-refractivity contribution in [3.8, 4) is 0 Å². The van der Waals surface area contributed by atoms with Crippen molar-refractivity contribution < 1.29 is 0 Å². The molecule has 3 heterocycles. The summed E-state index contributed by atoms with van der Waals surface area (Å²) in [7, 11) is 1.66. The maximum atomic E-state index is 13.4. The summed E-state index contributed by atoms with van der Waals surface area (Å²) in [6, 6.07) is 17.1. The van der Waals surface area contributed by atoms with Gasteiger partial charge in [-0.15, -0.1) is 0 Å². The fourth-order valence-electron chi connectivity index (χ4n) is 4.06. The van der Waals surface area contributed by atoms with Crippen molar-refractivity contribution in [1.29, 1.82) is 0 Å². The van der Waals surface area contributed by atoms with Gasteiger partial charge in [0.05, 0.1) is 6.54 Å². The number of hydrogen-bond donors (Lipinski definition) is 0. The summed E-state index contributed by atoms with van der Waals surface area (Å²) in [5, 5.41) is 0.637. The van der Waals surface area contributed by atoms with Gasteiger partial charge in [0, 0.05) is 30.8 Å². The number of nitrogens with zero attached hydrogens (tertiary/aromatic N) is 5. The Balaban J connectivity index is 1.72. The lowest BCUT2D eigenvalue weighted by molar-refractivity contribution is 0.597. The molecule has 0 aliphatic carbocycles. The lowest BCUT2D eigenvalue weighted by Gasteiger charge is -2.29. The molecule has 0 saturated heterocycles. The molecule has 1 aliphatic heterocycles. The zero-order valence-electron chi connectivity index (χ0n) is 16.5. The van der Waals surface area contributed by atoms with Crippen LogP contribution in [0.3, 0.4) is 0 Å². The predicted molar refractivity (Wildman–Crippen MR) is 118 cm³/mol. The fraction of sp³-hybridized carbons (Fsp3) is 0.227. The quantitative estimate of drug-likeness (QED) is 0.509. The number of rotatable bonds is 3. The molecule has 0 spiro atoms. The standard InChI is InChI=1S/C22H20ClN5O2/c1-25-19-18(20(29)28(22(25)30)14-15-7-3-2-4-8-15)27-12-6-11-26(21(27)24-19)17-10-5-9-16(23)13-17/h2-5,7-10,13H,6,11-12,14H2,1H3. The van der Waals surface area contributed by atoms with Gasteiger partial charge < -0.3 is 9.47 Å². The van der Waals surface area contributed by atoms with Gasteiger partial charge in [-0.3, -0.25) is 13.9 Å². The molecule has 152 valence electrons. The van der Waals surface area contributed by atoms with Crippen LogP contribution in [0.5, 0.6) is 0 Å². The normalized spacial score (nSPS) is 13.6. The van der Waals surface area contributed by atoms with Gasteiger partial charge in [0.25, 0.3) is 5.56 Å². The first-order valence-corrected chi connectivity index (χ1v) is 10.2. The minimum absolute atomic E-state index is 0.223. The van der Waals surface area contributed by atoms with Gasteiger partial charge in [0.2, 0.25) is 5.95 Å². The Hall–Kier alpha value is -3.32. The molecular weight excluding hydrogens is 402 g/mol. The molecule has 30 heavy (non-hydrogen) atoms. The average Bonchev–Trinajstić information content (AvgIpc) is 3.16. The highest BCUT2D eigenvalue weighted by atomic mass is 35.5. The van der Waals surface area contributed by atoms with Gasteiger partial charge in [-0.25, -0.2) is 4.79 Å². The summed E-state index contributed by atoms with van der Waals surface area (Å²) in [6.07, 6.45) is 0.853. The van der Waals surface area contributed by atoms with Crippen molar-refractivity contribution in [2.75, 3.05) is 11.4 Å². The van der Waals surface area contributed by atoms with E-state index in [1.165, 1.54) is 9.13 Å². The van der Waals surface area contributed by atoms with Crippen LogP contribution in [0.2, 0.25) is 5.02 Å². The molecule has 7 nitrogen and oxygen atoms in total. The van der Waals surface area contributed by atoms with Crippen molar-refractivity contribution in [2.45, 2.75) is 19.5 Å². The molecule has 5 rings (SSSR count). The maximum Gasteiger partial charge on any atom is 0.332 e. The van der Waals surface area contributed by atoms with Crippen LogP contribution in [-0.4, -0.2) is 25.2 Å². The lowest BCUT2D eigenvalue weighted by atomic mass is 10.2. The van der Waals surface area contributed by atoms with E-state index in [0.29, 0.717) is 28.7 Å². The van der Waals surface area contributed by atoms with Crippen LogP contribution in [0.15, 0.2) is 64.2 Å². The van der Waals surface area contributed by atoms with Crippen LogP contribution in [-0.2, 0) is 20.1 Å². The van der Waals surface area contributed by atoms with E-state index in [2.05, 4.69) is 0 Å². The first-order chi connectivity index (χ1) is 14.5. The van der Waals surface area contributed by atoms with Crippen molar-refractivity contribution in [2.24, 2.45) is 7.05 Å². The van der Waals surface area contributed by atoms with E-state index >= 15 is 0 Å². The molecule has 0 N–H and O–H groups in total. The van der Waals surface area contributed by atoms with Crippen LogP contribution in [0.1, 0.15) is 12.0 Å². The molecule has 0 unspecified atom stereocenters. The molecule has 0 radical (unpaired) electrons. The lowest BCUT2D eigenvalue weighted by Crippen LogP contribution is -2.40. The number of aryl methyl sites for hydroxylation is 2. The molecule has 0 fully saturated rings. The molecule has 0 atom stereocenters. The van der Waals surface area contributed by atoms with Crippen molar-refractivity contribution >= 4 is 34.4 Å². The zero-order chi connectivity index (χ0) is 20.8. The van der Waals surface area contributed by atoms with Gasteiger partial charge in [0.1, 0.15) is 0 Å². The van der Waals surface area contributed by atoms with Gasteiger partial charge >= 0.3 is 5.69 Å². The van der Waals surface area contributed by atoms with Gasteiger partial charge in [-0.2, -0.15) is 4.98 Å². The SMILES string of the molecule is Cn1c(=O)n(Cc2ccccc2)c(=O)c2c1nc1n2CCCN1c1cccc(Cl)c1. The number of anilines is 2. The van der Waals surface area contributed by atoms with E-state index in [-0.39, 0.29) is 17.8 Å². The second kappa shape index (κ2) is 7.18. The second-order valence-electron chi connectivity index (χ2n) is 7.44. The van der Waals surface area contributed by atoms with Crippen molar-refractivity contribution in [3.05, 3.63) is 86.0 Å². The first kappa shape index (κ1) is 18.7. The highest BCUT2D eigenvalue weighted by molar-refractivity contribution is 6.30. The molecule has 0 amide bonds. The smallest absolute Gasteiger partial charge is 0.312 e. The molecule has 4 aromatic rings. The van der Waals surface area contributed by atoms with Crippen LogP contribution >= 0.6 is 11.6 Å². The van der Waals surface area contributed by atoms with Crippen LogP contribution in [0.25, 0.3) is 11.2 Å². The van der Waals surface area contributed by atoms with E-state index in [1.54, 1.807) is 7.05 Å². The minimum atomic E-state index is -0.374. The topological polar surface area (TPSA) is 65.1 Å². The molecule has 8 heteroatoms. The molecule has 2 aromatic heterocycles. The highest BCUT2D eigenvalue weighted by Crippen LogP contribution is 2.32. The fourth-order valence-corrected chi connectivity index (χ4v) is 4.24. The Morgan fingerprint density at radius 1 is 1.03 bits per heavy atom. The Bertz CT molecular complexity index is 1370. The van der Waals surface area contributed by atoms with E-state index < -0.39 is 0 Å². The second-order valence-corrected chi connectivity index (χ2v) is 7.88. The number of fused-ring (bicyclic) bond motifs is 3. The molecule has 2 aromatic carbocycles. The largest absolute Gasteiger partial charge is 0.332 e. The van der Waals surface area contributed by atoms with Crippen molar-refractivity contribution in [3.63, 3.8) is 0 Å². The number of aromatic nitrogens is 4. The Morgan fingerprint density at radius 2 is 1.83 bits per heavy atom. The Labute approximate surface area is 177 Å². The maximum absolute atomic E-state index is 13.4. The third kappa shape index (κ3) is 2.93. The number of halogens is 1. The summed E-state index contributed by atoms with van der Waals surface area (Å²) in [6.45, 7) is 1.65. The van der Waals surface area contributed by atoms with Gasteiger partial charge in [-0.1, -0.05) is 48.0 Å². The molecule has 0 saturated carbocycles. The van der Waals surface area contributed by atoms with E-state index in [1.807, 2.05) is 64.1 Å². The minimum Gasteiger partial charge on any atom is -0.312 e. The van der Waals surface area contributed by atoms with Crippen LogP contribution in [0.4, 0.5) is 11.6 Å². The molecule has 1 aliphatic rings. The Morgan fingerprint density at radius 3 is 2.60 bits per heavy atom. The number of hydrogen-bond acceptors (Lipinski definition) is 4. The summed E-state index contributed by atoms with van der Waals surface area (Å²) in [5.74, 6) is 0.656. The van der Waals surface area contributed by atoms with Crippen LogP contribution in [0, 0.1) is 0 Å². The summed E-state index contributed by atoms with van der Waals surface area (Å²) in [4.78, 5) is 33.1. The van der Waals surface area contributed by atoms with Gasteiger partial charge in [0.15, 0.2) is 11.2 Å². The third-order valence-electron chi connectivity index (χ3n) is 5.52. The summed E-state index contributed by atoms with van der Waals surface area (Å²) in [5.41, 5.74) is 1.97. The van der Waals surface area contributed by atoms with Gasteiger partial charge in [-0.05, 0) is 30.2 Å². The van der Waals surface area contributed by atoms with E-state index in [0.717, 1.165) is 24.2 Å². The average molecular weight is 422 g/mol. The molecule has 0 bridgehead atoms. The summed E-state index contributed by atoms with van der Waals surface area (Å²) < 4.78 is 4.66. The van der Waals surface area contributed by atoms with Crippen molar-refractivity contribution in [1.82, 2.24) is 18.7 Å². The predicted octanol–water partition coefficient (Wildman–Crippen LogP) is 3.14. The summed E-state index contributed by atoms with van der Waals surface area (Å²) >= 11 is 6.19. The zero-order valence-corrected chi connectivity index (χ0v) is 17.2. The Kier molecular flexibility index (Phi) is 4.47. The van der Waals surface area contributed by atoms with E-state index in [9.17, 15) is 9.59 Å².